The highest BCUT2D eigenvalue weighted by molar-refractivity contribution is 5.32. The highest BCUT2D eigenvalue weighted by Gasteiger charge is 2.06. The largest absolute Gasteiger partial charge is 0.306 e. The molecule has 0 aliphatic rings. The van der Waals surface area contributed by atoms with Crippen LogP contribution in [0.2, 0.25) is 0 Å². The van der Waals surface area contributed by atoms with E-state index in [2.05, 4.69) is 11.4 Å². The van der Waals surface area contributed by atoms with Crippen LogP contribution in [0, 0.1) is 24.1 Å². The van der Waals surface area contributed by atoms with Gasteiger partial charge in [-0.25, -0.2) is 4.39 Å². The Balaban J connectivity index is 1.99. The number of hydrogen-bond acceptors (Lipinski definition) is 2. The fourth-order valence-electron chi connectivity index (χ4n) is 1.98. The molecule has 0 amide bonds. The van der Waals surface area contributed by atoms with E-state index in [1.54, 1.807) is 31.2 Å². The maximum Gasteiger partial charge on any atom is 0.126 e. The van der Waals surface area contributed by atoms with Crippen molar-refractivity contribution in [2.24, 2.45) is 0 Å². The third-order valence-electron chi connectivity index (χ3n) is 3.39. The average Bonchev–Trinajstić information content (AvgIpc) is 2.48. The molecule has 0 fully saturated rings. The SMILES string of the molecule is Cc1ccc(CNC(C)c2ccc(C#N)cc2)cc1F. The minimum atomic E-state index is -0.171. The number of nitrogens with zero attached hydrogens (tertiary/aromatic N) is 1. The first-order chi connectivity index (χ1) is 9.60. The zero-order chi connectivity index (χ0) is 14.5. The van der Waals surface area contributed by atoms with Crippen molar-refractivity contribution in [1.82, 2.24) is 5.32 Å². The molecular formula is C17H17FN2. The van der Waals surface area contributed by atoms with E-state index in [0.29, 0.717) is 17.7 Å². The van der Waals surface area contributed by atoms with Crippen molar-refractivity contribution in [1.29, 1.82) is 5.26 Å². The van der Waals surface area contributed by atoms with Crippen molar-refractivity contribution in [2.75, 3.05) is 0 Å². The molecule has 2 aromatic rings. The van der Waals surface area contributed by atoms with Crippen molar-refractivity contribution >= 4 is 0 Å². The quantitative estimate of drug-likeness (QED) is 0.914. The topological polar surface area (TPSA) is 35.8 Å². The molecule has 20 heavy (non-hydrogen) atoms. The van der Waals surface area contributed by atoms with Crippen LogP contribution in [-0.4, -0.2) is 0 Å². The Labute approximate surface area is 118 Å². The predicted molar refractivity (Wildman–Crippen MR) is 77.5 cm³/mol. The van der Waals surface area contributed by atoms with Gasteiger partial charge >= 0.3 is 0 Å². The lowest BCUT2D eigenvalue weighted by Gasteiger charge is -2.14. The summed E-state index contributed by atoms with van der Waals surface area (Å²) in [5, 5.41) is 12.1. The second kappa shape index (κ2) is 6.31. The normalized spacial score (nSPS) is 11.9. The minimum absolute atomic E-state index is 0.145. The standard InChI is InChI=1S/C17H17FN2/c1-12-3-4-15(9-17(12)18)11-20-13(2)16-7-5-14(10-19)6-8-16/h3-9,13,20H,11H2,1-2H3. The third kappa shape index (κ3) is 3.43. The van der Waals surface area contributed by atoms with E-state index in [1.807, 2.05) is 25.1 Å². The Morgan fingerprint density at radius 2 is 1.90 bits per heavy atom. The van der Waals surface area contributed by atoms with E-state index < -0.39 is 0 Å². The molecule has 0 bridgehead atoms. The monoisotopic (exact) mass is 268 g/mol. The van der Waals surface area contributed by atoms with Gasteiger partial charge in [0.05, 0.1) is 11.6 Å². The molecule has 0 aromatic heterocycles. The Morgan fingerprint density at radius 3 is 2.50 bits per heavy atom. The van der Waals surface area contributed by atoms with Crippen LogP contribution in [0.15, 0.2) is 42.5 Å². The van der Waals surface area contributed by atoms with Crippen LogP contribution in [0.5, 0.6) is 0 Å². The first-order valence-corrected chi connectivity index (χ1v) is 6.58. The number of rotatable bonds is 4. The van der Waals surface area contributed by atoms with Gasteiger partial charge in [0.25, 0.3) is 0 Å². The van der Waals surface area contributed by atoms with E-state index in [-0.39, 0.29) is 11.9 Å². The van der Waals surface area contributed by atoms with Gasteiger partial charge < -0.3 is 5.32 Å². The summed E-state index contributed by atoms with van der Waals surface area (Å²) < 4.78 is 13.5. The Morgan fingerprint density at radius 1 is 1.20 bits per heavy atom. The van der Waals surface area contributed by atoms with Crippen LogP contribution >= 0.6 is 0 Å². The first kappa shape index (κ1) is 14.2. The fraction of sp³-hybridized carbons (Fsp3) is 0.235. The molecule has 0 saturated carbocycles. The van der Waals surface area contributed by atoms with Crippen molar-refractivity contribution < 1.29 is 4.39 Å². The molecular weight excluding hydrogens is 251 g/mol. The van der Waals surface area contributed by atoms with Gasteiger partial charge in [0.15, 0.2) is 0 Å². The predicted octanol–water partition coefficient (Wildman–Crippen LogP) is 3.86. The smallest absolute Gasteiger partial charge is 0.126 e. The fourth-order valence-corrected chi connectivity index (χ4v) is 1.98. The number of aryl methyl sites for hydroxylation is 1. The molecule has 1 atom stereocenters. The molecule has 0 heterocycles. The summed E-state index contributed by atoms with van der Waals surface area (Å²) in [6, 6.07) is 15.0. The van der Waals surface area contributed by atoms with Crippen molar-refractivity contribution in [2.45, 2.75) is 26.4 Å². The van der Waals surface area contributed by atoms with Crippen molar-refractivity contribution in [3.63, 3.8) is 0 Å². The van der Waals surface area contributed by atoms with Gasteiger partial charge in [-0.3, -0.25) is 0 Å². The lowest BCUT2D eigenvalue weighted by Crippen LogP contribution is -2.18. The molecule has 2 nitrogen and oxygen atoms in total. The van der Waals surface area contributed by atoms with Gasteiger partial charge in [0.1, 0.15) is 5.82 Å². The van der Waals surface area contributed by atoms with Crippen LogP contribution in [0.4, 0.5) is 4.39 Å². The molecule has 102 valence electrons. The van der Waals surface area contributed by atoms with Crippen LogP contribution in [-0.2, 0) is 6.54 Å². The van der Waals surface area contributed by atoms with Gasteiger partial charge in [-0.05, 0) is 48.7 Å². The zero-order valence-corrected chi connectivity index (χ0v) is 11.7. The number of nitrogens with one attached hydrogen (secondary N) is 1. The van der Waals surface area contributed by atoms with Crippen LogP contribution < -0.4 is 5.32 Å². The van der Waals surface area contributed by atoms with Crippen LogP contribution in [0.1, 0.15) is 35.2 Å². The molecule has 2 aromatic carbocycles. The Bertz CT molecular complexity index is 626. The molecule has 0 radical (unpaired) electrons. The zero-order valence-electron chi connectivity index (χ0n) is 11.7. The molecule has 2 rings (SSSR count). The summed E-state index contributed by atoms with van der Waals surface area (Å²) in [5.74, 6) is -0.171. The molecule has 0 aliphatic heterocycles. The van der Waals surface area contributed by atoms with Gasteiger partial charge in [-0.1, -0.05) is 24.3 Å². The summed E-state index contributed by atoms with van der Waals surface area (Å²) >= 11 is 0. The lowest BCUT2D eigenvalue weighted by molar-refractivity contribution is 0.568. The van der Waals surface area contributed by atoms with Crippen LogP contribution in [0.25, 0.3) is 0 Å². The summed E-state index contributed by atoms with van der Waals surface area (Å²) in [5.41, 5.74) is 3.35. The Hall–Kier alpha value is -2.18. The van der Waals surface area contributed by atoms with E-state index in [9.17, 15) is 4.39 Å². The number of benzene rings is 2. The Kier molecular flexibility index (Phi) is 4.49. The minimum Gasteiger partial charge on any atom is -0.306 e. The summed E-state index contributed by atoms with van der Waals surface area (Å²) in [4.78, 5) is 0. The maximum atomic E-state index is 13.5. The van der Waals surface area contributed by atoms with Crippen molar-refractivity contribution in [3.8, 4) is 6.07 Å². The van der Waals surface area contributed by atoms with Crippen molar-refractivity contribution in [3.05, 3.63) is 70.5 Å². The number of nitriles is 1. The van der Waals surface area contributed by atoms with E-state index in [4.69, 9.17) is 5.26 Å². The van der Waals surface area contributed by atoms with Gasteiger partial charge in [-0.15, -0.1) is 0 Å². The molecule has 1 unspecified atom stereocenters. The molecule has 0 aliphatic carbocycles. The second-order valence-electron chi connectivity index (χ2n) is 4.92. The highest BCUT2D eigenvalue weighted by Crippen LogP contribution is 2.15. The molecule has 3 heteroatoms. The summed E-state index contributed by atoms with van der Waals surface area (Å²) in [6.45, 7) is 4.41. The van der Waals surface area contributed by atoms with Gasteiger partial charge in [0, 0.05) is 12.6 Å². The van der Waals surface area contributed by atoms with E-state index in [1.165, 1.54) is 0 Å². The van der Waals surface area contributed by atoms with Gasteiger partial charge in [-0.2, -0.15) is 5.26 Å². The van der Waals surface area contributed by atoms with E-state index >= 15 is 0 Å². The average molecular weight is 268 g/mol. The summed E-state index contributed by atoms with van der Waals surface area (Å²) in [7, 11) is 0. The number of halogens is 1. The van der Waals surface area contributed by atoms with Crippen LogP contribution in [0.3, 0.4) is 0 Å². The summed E-state index contributed by atoms with van der Waals surface area (Å²) in [6.07, 6.45) is 0. The number of hydrogen-bond donors (Lipinski definition) is 1. The highest BCUT2D eigenvalue weighted by atomic mass is 19.1. The molecule has 1 N–H and O–H groups in total. The van der Waals surface area contributed by atoms with E-state index in [0.717, 1.165) is 11.1 Å². The third-order valence-corrected chi connectivity index (χ3v) is 3.39. The first-order valence-electron chi connectivity index (χ1n) is 6.58. The lowest BCUT2D eigenvalue weighted by atomic mass is 10.1. The maximum absolute atomic E-state index is 13.5. The molecule has 0 spiro atoms. The van der Waals surface area contributed by atoms with Gasteiger partial charge in [0.2, 0.25) is 0 Å². The molecule has 0 saturated heterocycles. The second-order valence-corrected chi connectivity index (χ2v) is 4.92.